The van der Waals surface area contributed by atoms with Crippen molar-refractivity contribution in [1.82, 2.24) is 0 Å². The molecule has 108 valence electrons. The van der Waals surface area contributed by atoms with E-state index in [2.05, 4.69) is 70.5 Å². The molecule has 1 aliphatic rings. The Bertz CT molecular complexity index is 601. The van der Waals surface area contributed by atoms with Gasteiger partial charge in [0.1, 0.15) is 0 Å². The molecule has 0 heterocycles. The van der Waals surface area contributed by atoms with Crippen molar-refractivity contribution in [1.29, 1.82) is 0 Å². The summed E-state index contributed by atoms with van der Waals surface area (Å²) in [4.78, 5) is 0. The molecule has 2 aromatic carbocycles. The number of halogens is 1. The second-order valence-corrected chi connectivity index (χ2v) is 6.30. The molecule has 0 spiro atoms. The van der Waals surface area contributed by atoms with Crippen molar-refractivity contribution in [2.24, 2.45) is 0 Å². The Morgan fingerprint density at radius 2 is 1.76 bits per heavy atom. The molecule has 0 bridgehead atoms. The van der Waals surface area contributed by atoms with E-state index in [9.17, 15) is 0 Å². The Morgan fingerprint density at radius 1 is 1.00 bits per heavy atom. The molecule has 1 aliphatic carbocycles. The average Bonchev–Trinajstić information content (AvgIpc) is 2.55. The quantitative estimate of drug-likeness (QED) is 0.702. The summed E-state index contributed by atoms with van der Waals surface area (Å²) in [6.07, 6.45) is 6.01. The summed E-state index contributed by atoms with van der Waals surface area (Å²) in [5, 5.41) is 0. The minimum absolute atomic E-state index is 0.208. The highest BCUT2D eigenvalue weighted by Crippen LogP contribution is 2.30. The van der Waals surface area contributed by atoms with Gasteiger partial charge in [-0.05, 0) is 48.1 Å². The monoisotopic (exact) mass is 342 g/mol. The van der Waals surface area contributed by atoms with Crippen LogP contribution in [0.5, 0.6) is 0 Å². The summed E-state index contributed by atoms with van der Waals surface area (Å²) in [5.74, 6) is 0. The van der Waals surface area contributed by atoms with E-state index in [0.717, 1.165) is 17.3 Å². The van der Waals surface area contributed by atoms with Gasteiger partial charge in [-0.1, -0.05) is 64.5 Å². The molecule has 3 rings (SSSR count). The first-order valence-electron chi connectivity index (χ1n) is 7.44. The Kier molecular flexibility index (Phi) is 4.89. The zero-order chi connectivity index (χ0) is 14.5. The summed E-state index contributed by atoms with van der Waals surface area (Å²) in [6, 6.07) is 18.9. The van der Waals surface area contributed by atoms with Crippen molar-refractivity contribution in [2.75, 3.05) is 0 Å². The molecular formula is C19H19BrO. The summed E-state index contributed by atoms with van der Waals surface area (Å²) in [5.41, 5.74) is 3.85. The van der Waals surface area contributed by atoms with Crippen LogP contribution in [0.15, 0.2) is 65.1 Å². The summed E-state index contributed by atoms with van der Waals surface area (Å²) >= 11 is 3.50. The number of hydrogen-bond donors (Lipinski definition) is 0. The third kappa shape index (κ3) is 3.84. The lowest BCUT2D eigenvalue weighted by Gasteiger charge is -2.25. The van der Waals surface area contributed by atoms with E-state index >= 15 is 0 Å². The van der Waals surface area contributed by atoms with Gasteiger partial charge in [-0.15, -0.1) is 0 Å². The summed E-state index contributed by atoms with van der Waals surface area (Å²) in [6.45, 7) is 0.680. The fourth-order valence-electron chi connectivity index (χ4n) is 2.74. The second-order valence-electron chi connectivity index (χ2n) is 5.38. The molecule has 1 atom stereocenters. The van der Waals surface area contributed by atoms with Crippen LogP contribution in [0.4, 0.5) is 0 Å². The van der Waals surface area contributed by atoms with Gasteiger partial charge in [0.05, 0.1) is 12.7 Å². The van der Waals surface area contributed by atoms with Crippen molar-refractivity contribution in [3.63, 3.8) is 0 Å². The van der Waals surface area contributed by atoms with Gasteiger partial charge in [-0.2, -0.15) is 0 Å². The number of hydrogen-bond acceptors (Lipinski definition) is 1. The first-order valence-corrected chi connectivity index (χ1v) is 8.24. The molecule has 2 heteroatoms. The van der Waals surface area contributed by atoms with Crippen molar-refractivity contribution < 1.29 is 4.74 Å². The maximum atomic E-state index is 6.19. The van der Waals surface area contributed by atoms with Gasteiger partial charge in [0, 0.05) is 4.47 Å². The van der Waals surface area contributed by atoms with E-state index in [1.807, 2.05) is 6.07 Å². The van der Waals surface area contributed by atoms with Gasteiger partial charge >= 0.3 is 0 Å². The maximum Gasteiger partial charge on any atom is 0.0832 e. The molecule has 0 aliphatic heterocycles. The van der Waals surface area contributed by atoms with E-state index < -0.39 is 0 Å². The normalized spacial score (nSPS) is 18.3. The molecule has 0 N–H and O–H groups in total. The first kappa shape index (κ1) is 14.6. The Balaban J connectivity index is 1.72. The molecule has 1 nitrogen and oxygen atoms in total. The first-order chi connectivity index (χ1) is 10.3. The highest BCUT2D eigenvalue weighted by Gasteiger charge is 2.19. The Morgan fingerprint density at radius 3 is 2.52 bits per heavy atom. The Hall–Kier alpha value is -1.38. The molecule has 1 unspecified atom stereocenters. The van der Waals surface area contributed by atoms with E-state index in [4.69, 9.17) is 4.74 Å². The predicted octanol–water partition coefficient (Wildman–Crippen LogP) is 5.60. The largest absolute Gasteiger partial charge is 0.369 e. The summed E-state index contributed by atoms with van der Waals surface area (Å²) < 4.78 is 7.30. The summed E-state index contributed by atoms with van der Waals surface area (Å²) in [7, 11) is 0. The highest BCUT2D eigenvalue weighted by atomic mass is 79.9. The SMILES string of the molecule is Brc1ccc(C2=CCCCC2OCc2ccccc2)cc1. The lowest BCUT2D eigenvalue weighted by atomic mass is 9.91. The maximum absolute atomic E-state index is 6.19. The van der Waals surface area contributed by atoms with Gasteiger partial charge < -0.3 is 4.74 Å². The minimum Gasteiger partial charge on any atom is -0.369 e. The third-order valence-electron chi connectivity index (χ3n) is 3.85. The van der Waals surface area contributed by atoms with Crippen LogP contribution in [0.25, 0.3) is 5.57 Å². The van der Waals surface area contributed by atoms with Crippen molar-refractivity contribution in [2.45, 2.75) is 32.0 Å². The van der Waals surface area contributed by atoms with Gasteiger partial charge in [0.15, 0.2) is 0 Å². The molecule has 2 aromatic rings. The fourth-order valence-corrected chi connectivity index (χ4v) is 3.00. The highest BCUT2D eigenvalue weighted by molar-refractivity contribution is 9.10. The molecule has 0 saturated carbocycles. The van der Waals surface area contributed by atoms with E-state index in [1.165, 1.54) is 23.1 Å². The van der Waals surface area contributed by atoms with Crippen LogP contribution in [0.2, 0.25) is 0 Å². The second kappa shape index (κ2) is 7.06. The van der Waals surface area contributed by atoms with Crippen LogP contribution in [0.1, 0.15) is 30.4 Å². The van der Waals surface area contributed by atoms with E-state index in [0.29, 0.717) is 6.61 Å². The topological polar surface area (TPSA) is 9.23 Å². The standard InChI is InChI=1S/C19H19BrO/c20-17-12-10-16(11-13-17)18-8-4-5-9-19(18)21-14-15-6-2-1-3-7-15/h1-3,6-8,10-13,19H,4-5,9,14H2. The van der Waals surface area contributed by atoms with Crippen LogP contribution in [0.3, 0.4) is 0 Å². The van der Waals surface area contributed by atoms with Crippen molar-refractivity contribution in [3.8, 4) is 0 Å². The zero-order valence-electron chi connectivity index (χ0n) is 12.0. The fraction of sp³-hybridized carbons (Fsp3) is 0.263. The Labute approximate surface area is 134 Å². The molecule has 0 radical (unpaired) electrons. The van der Waals surface area contributed by atoms with Crippen LogP contribution in [0, 0.1) is 0 Å². The van der Waals surface area contributed by atoms with Crippen LogP contribution >= 0.6 is 15.9 Å². The van der Waals surface area contributed by atoms with Crippen LogP contribution in [-0.4, -0.2) is 6.10 Å². The van der Waals surface area contributed by atoms with Crippen molar-refractivity contribution >= 4 is 21.5 Å². The van der Waals surface area contributed by atoms with Crippen molar-refractivity contribution in [3.05, 3.63) is 76.3 Å². The lowest BCUT2D eigenvalue weighted by Crippen LogP contribution is -2.18. The number of rotatable bonds is 4. The molecule has 0 amide bonds. The molecular weight excluding hydrogens is 324 g/mol. The molecule has 21 heavy (non-hydrogen) atoms. The van der Waals surface area contributed by atoms with Crippen LogP contribution < -0.4 is 0 Å². The zero-order valence-corrected chi connectivity index (χ0v) is 13.6. The van der Waals surface area contributed by atoms with Gasteiger partial charge in [-0.25, -0.2) is 0 Å². The molecule has 0 fully saturated rings. The lowest BCUT2D eigenvalue weighted by molar-refractivity contribution is 0.0693. The van der Waals surface area contributed by atoms with E-state index in [1.54, 1.807) is 0 Å². The third-order valence-corrected chi connectivity index (χ3v) is 4.38. The number of benzene rings is 2. The minimum atomic E-state index is 0.208. The average molecular weight is 343 g/mol. The number of ether oxygens (including phenoxy) is 1. The number of allylic oxidation sites excluding steroid dienone is 1. The van der Waals surface area contributed by atoms with E-state index in [-0.39, 0.29) is 6.10 Å². The molecule has 0 saturated heterocycles. The predicted molar refractivity (Wildman–Crippen MR) is 91.0 cm³/mol. The van der Waals surface area contributed by atoms with Crippen LogP contribution in [-0.2, 0) is 11.3 Å². The van der Waals surface area contributed by atoms with Gasteiger partial charge in [0.2, 0.25) is 0 Å². The molecule has 0 aromatic heterocycles. The van der Waals surface area contributed by atoms with Gasteiger partial charge in [-0.3, -0.25) is 0 Å². The van der Waals surface area contributed by atoms with Gasteiger partial charge in [0.25, 0.3) is 0 Å². The smallest absolute Gasteiger partial charge is 0.0832 e.